The van der Waals surface area contributed by atoms with Crippen LogP contribution in [0, 0.1) is 5.92 Å². The predicted octanol–water partition coefficient (Wildman–Crippen LogP) is 0.720. The summed E-state index contributed by atoms with van der Waals surface area (Å²) in [4.78, 5) is 12.6. The number of carboxylic acids is 1. The maximum Gasteiger partial charge on any atom is 0.330 e. The summed E-state index contributed by atoms with van der Waals surface area (Å²) in [5.41, 5.74) is 0.364. The van der Waals surface area contributed by atoms with E-state index in [1.807, 2.05) is 6.92 Å². The lowest BCUT2D eigenvalue weighted by molar-refractivity contribution is -0.132. The van der Waals surface area contributed by atoms with Gasteiger partial charge in [0.05, 0.1) is 6.10 Å². The Kier molecular flexibility index (Phi) is 4.29. The van der Waals surface area contributed by atoms with Crippen LogP contribution in [0.2, 0.25) is 0 Å². The zero-order valence-corrected chi connectivity index (χ0v) is 9.31. The highest BCUT2D eigenvalue weighted by atomic mass is 16.4. The van der Waals surface area contributed by atoms with E-state index in [1.54, 1.807) is 13.0 Å². The summed E-state index contributed by atoms with van der Waals surface area (Å²) >= 11 is 0. The van der Waals surface area contributed by atoms with E-state index in [-0.39, 0.29) is 6.10 Å². The van der Waals surface area contributed by atoms with Crippen molar-refractivity contribution in [3.8, 4) is 0 Å². The number of nitrogens with zero attached hydrogens (tertiary/aromatic N) is 1. The molecule has 2 N–H and O–H groups in total. The quantitative estimate of drug-likeness (QED) is 0.678. The van der Waals surface area contributed by atoms with E-state index in [2.05, 4.69) is 4.90 Å². The van der Waals surface area contributed by atoms with Gasteiger partial charge >= 0.3 is 5.97 Å². The van der Waals surface area contributed by atoms with Gasteiger partial charge in [0.2, 0.25) is 0 Å². The van der Waals surface area contributed by atoms with E-state index in [0.717, 1.165) is 13.0 Å². The van der Waals surface area contributed by atoms with Gasteiger partial charge in [0.25, 0.3) is 0 Å². The monoisotopic (exact) mass is 213 g/mol. The minimum absolute atomic E-state index is 0.280. The van der Waals surface area contributed by atoms with Gasteiger partial charge in [-0.2, -0.15) is 0 Å². The molecule has 1 rings (SSSR count). The first-order valence-corrected chi connectivity index (χ1v) is 5.31. The second-order valence-corrected chi connectivity index (χ2v) is 4.29. The Morgan fingerprint density at radius 2 is 2.27 bits per heavy atom. The van der Waals surface area contributed by atoms with Gasteiger partial charge < -0.3 is 10.2 Å². The zero-order valence-electron chi connectivity index (χ0n) is 9.31. The Hall–Kier alpha value is -0.870. The molecule has 0 amide bonds. The number of piperidine rings is 1. The molecule has 4 nitrogen and oxygen atoms in total. The molecule has 0 aromatic rings. The van der Waals surface area contributed by atoms with Crippen molar-refractivity contribution in [1.82, 2.24) is 4.90 Å². The van der Waals surface area contributed by atoms with Crippen LogP contribution in [0.25, 0.3) is 0 Å². The molecule has 1 aliphatic heterocycles. The molecule has 0 bridgehead atoms. The van der Waals surface area contributed by atoms with Gasteiger partial charge in [-0.15, -0.1) is 0 Å². The van der Waals surface area contributed by atoms with Crippen LogP contribution in [0.1, 0.15) is 20.3 Å². The number of carbonyl (C=O) groups is 1. The molecule has 0 saturated carbocycles. The van der Waals surface area contributed by atoms with Crippen molar-refractivity contribution in [3.05, 3.63) is 11.6 Å². The predicted molar refractivity (Wildman–Crippen MR) is 57.6 cm³/mol. The normalized spacial score (nSPS) is 29.1. The highest BCUT2D eigenvalue weighted by Crippen LogP contribution is 2.16. The molecule has 2 atom stereocenters. The molecule has 1 aliphatic rings. The van der Waals surface area contributed by atoms with E-state index in [1.165, 1.54) is 0 Å². The standard InChI is InChI=1S/C11H19NO3/c1-8-3-5-12(7-10(8)13)6-4-9(2)11(14)15/h4,8,10,13H,3,5-7H2,1-2H3,(H,14,15). The van der Waals surface area contributed by atoms with Crippen LogP contribution in [0.15, 0.2) is 11.6 Å². The molecule has 0 aromatic heterocycles. The van der Waals surface area contributed by atoms with E-state index in [9.17, 15) is 9.90 Å². The van der Waals surface area contributed by atoms with Crippen LogP contribution in [0.5, 0.6) is 0 Å². The van der Waals surface area contributed by atoms with Gasteiger partial charge in [0.1, 0.15) is 0 Å². The fourth-order valence-corrected chi connectivity index (χ4v) is 1.63. The van der Waals surface area contributed by atoms with Crippen molar-refractivity contribution in [2.45, 2.75) is 26.4 Å². The van der Waals surface area contributed by atoms with Crippen molar-refractivity contribution in [2.24, 2.45) is 5.92 Å². The second-order valence-electron chi connectivity index (χ2n) is 4.29. The molecule has 2 unspecified atom stereocenters. The first-order valence-electron chi connectivity index (χ1n) is 5.31. The number of aliphatic carboxylic acids is 1. The van der Waals surface area contributed by atoms with Crippen LogP contribution < -0.4 is 0 Å². The topological polar surface area (TPSA) is 60.8 Å². The highest BCUT2D eigenvalue weighted by molar-refractivity contribution is 5.85. The van der Waals surface area contributed by atoms with Gasteiger partial charge in [0, 0.05) is 18.7 Å². The molecule has 1 fully saturated rings. The third-order valence-corrected chi connectivity index (χ3v) is 3.00. The summed E-state index contributed by atoms with van der Waals surface area (Å²) in [7, 11) is 0. The number of rotatable bonds is 3. The van der Waals surface area contributed by atoms with E-state index >= 15 is 0 Å². The maximum absolute atomic E-state index is 10.6. The number of aliphatic hydroxyl groups excluding tert-OH is 1. The van der Waals surface area contributed by atoms with Crippen LogP contribution in [0.4, 0.5) is 0 Å². The fourth-order valence-electron chi connectivity index (χ4n) is 1.63. The van der Waals surface area contributed by atoms with E-state index in [4.69, 9.17) is 5.11 Å². The largest absolute Gasteiger partial charge is 0.478 e. The SMILES string of the molecule is CC(=CCN1CCC(C)C(O)C1)C(=O)O. The molecule has 0 spiro atoms. The number of β-amino-alcohol motifs (C(OH)–C–C–N with tert-alkyl or cyclic N) is 1. The Labute approximate surface area is 90.2 Å². The Morgan fingerprint density at radius 1 is 1.60 bits per heavy atom. The van der Waals surface area contributed by atoms with E-state index < -0.39 is 5.97 Å². The Balaban J connectivity index is 2.41. The molecule has 0 aromatic carbocycles. The molecule has 1 saturated heterocycles. The van der Waals surface area contributed by atoms with Gasteiger partial charge in [-0.25, -0.2) is 4.79 Å². The fraction of sp³-hybridized carbons (Fsp3) is 0.727. The molecule has 4 heteroatoms. The number of aliphatic hydroxyl groups is 1. The molecule has 1 heterocycles. The second kappa shape index (κ2) is 5.28. The van der Waals surface area contributed by atoms with Crippen LogP contribution in [-0.2, 0) is 4.79 Å². The van der Waals surface area contributed by atoms with Gasteiger partial charge in [0.15, 0.2) is 0 Å². The maximum atomic E-state index is 10.6. The lowest BCUT2D eigenvalue weighted by atomic mass is 9.96. The molecular weight excluding hydrogens is 194 g/mol. The average Bonchev–Trinajstić information content (AvgIpc) is 2.19. The van der Waals surface area contributed by atoms with Gasteiger partial charge in [-0.3, -0.25) is 4.90 Å². The lowest BCUT2D eigenvalue weighted by Crippen LogP contribution is -2.42. The molecule has 0 radical (unpaired) electrons. The minimum Gasteiger partial charge on any atom is -0.478 e. The summed E-state index contributed by atoms with van der Waals surface area (Å²) in [6.45, 7) is 5.82. The summed E-state index contributed by atoms with van der Waals surface area (Å²) in [5.74, 6) is -0.522. The number of hydrogen-bond donors (Lipinski definition) is 2. The van der Waals surface area contributed by atoms with Crippen molar-refractivity contribution < 1.29 is 15.0 Å². The third kappa shape index (κ3) is 3.64. The zero-order chi connectivity index (χ0) is 11.4. The van der Waals surface area contributed by atoms with Crippen molar-refractivity contribution in [3.63, 3.8) is 0 Å². The van der Waals surface area contributed by atoms with Gasteiger partial charge in [-0.05, 0) is 25.8 Å². The molecule has 15 heavy (non-hydrogen) atoms. The van der Waals surface area contributed by atoms with Crippen LogP contribution >= 0.6 is 0 Å². The van der Waals surface area contributed by atoms with Crippen LogP contribution in [-0.4, -0.2) is 46.8 Å². The summed E-state index contributed by atoms with van der Waals surface area (Å²) in [6, 6.07) is 0. The molecular formula is C11H19NO3. The van der Waals surface area contributed by atoms with Crippen LogP contribution in [0.3, 0.4) is 0 Å². The first kappa shape index (κ1) is 12.2. The smallest absolute Gasteiger partial charge is 0.330 e. The summed E-state index contributed by atoms with van der Waals surface area (Å²) in [5, 5.41) is 18.3. The van der Waals surface area contributed by atoms with Crippen molar-refractivity contribution in [1.29, 1.82) is 0 Å². The number of hydrogen-bond acceptors (Lipinski definition) is 3. The highest BCUT2D eigenvalue weighted by Gasteiger charge is 2.23. The Morgan fingerprint density at radius 3 is 2.80 bits per heavy atom. The Bertz CT molecular complexity index is 263. The van der Waals surface area contributed by atoms with Crippen molar-refractivity contribution >= 4 is 5.97 Å². The molecule has 86 valence electrons. The van der Waals surface area contributed by atoms with Crippen molar-refractivity contribution in [2.75, 3.05) is 19.6 Å². The molecule has 0 aliphatic carbocycles. The third-order valence-electron chi connectivity index (χ3n) is 3.00. The summed E-state index contributed by atoms with van der Waals surface area (Å²) in [6.07, 6.45) is 2.39. The minimum atomic E-state index is -0.874. The average molecular weight is 213 g/mol. The first-order chi connectivity index (χ1) is 7.00. The van der Waals surface area contributed by atoms with Gasteiger partial charge in [-0.1, -0.05) is 13.0 Å². The van der Waals surface area contributed by atoms with E-state index in [0.29, 0.717) is 24.6 Å². The number of carboxylic acid groups (broad SMARTS) is 1. The summed E-state index contributed by atoms with van der Waals surface area (Å²) < 4.78 is 0. The lowest BCUT2D eigenvalue weighted by Gasteiger charge is -2.33. The number of likely N-dealkylation sites (tertiary alicyclic amines) is 1.